The summed E-state index contributed by atoms with van der Waals surface area (Å²) in [7, 11) is 1.44. The van der Waals surface area contributed by atoms with E-state index in [2.05, 4.69) is 26.1 Å². The van der Waals surface area contributed by atoms with Crippen LogP contribution in [0.4, 0.5) is 33.7 Å². The molecule has 1 aliphatic rings. The van der Waals surface area contributed by atoms with Gasteiger partial charge in [0.05, 0.1) is 0 Å². The van der Waals surface area contributed by atoms with Gasteiger partial charge < -0.3 is 5.32 Å². The van der Waals surface area contributed by atoms with E-state index in [0.717, 1.165) is 0 Å². The molecule has 1 aromatic rings. The van der Waals surface area contributed by atoms with E-state index in [1.54, 1.807) is 0 Å². The highest BCUT2D eigenvalue weighted by atomic mass is 19.4. The van der Waals surface area contributed by atoms with Gasteiger partial charge in [0.15, 0.2) is 5.69 Å². The Kier molecular flexibility index (Phi) is 4.17. The van der Waals surface area contributed by atoms with Crippen LogP contribution in [0, 0.1) is 0 Å². The summed E-state index contributed by atoms with van der Waals surface area (Å²) in [4.78, 5) is 7.11. The second kappa shape index (κ2) is 5.58. The van der Waals surface area contributed by atoms with Gasteiger partial charge in [-0.2, -0.15) is 18.2 Å². The molecular formula is C11H14F5N5. The topological polar surface area (TPSA) is 61.9 Å². The van der Waals surface area contributed by atoms with Crippen LogP contribution in [0.15, 0.2) is 6.07 Å². The van der Waals surface area contributed by atoms with Crippen LogP contribution in [-0.4, -0.2) is 29.0 Å². The van der Waals surface area contributed by atoms with Gasteiger partial charge >= 0.3 is 6.18 Å². The number of alkyl halides is 5. The zero-order valence-electron chi connectivity index (χ0n) is 11.1. The van der Waals surface area contributed by atoms with Crippen molar-refractivity contribution in [3.05, 3.63) is 11.8 Å². The van der Waals surface area contributed by atoms with Crippen molar-refractivity contribution >= 4 is 11.8 Å². The van der Waals surface area contributed by atoms with Gasteiger partial charge in [0.1, 0.15) is 5.82 Å². The molecule has 2 rings (SSSR count). The van der Waals surface area contributed by atoms with E-state index in [9.17, 15) is 22.0 Å². The molecule has 10 heteroatoms. The maximum atomic E-state index is 13.1. The lowest BCUT2D eigenvalue weighted by Gasteiger charge is -2.16. The van der Waals surface area contributed by atoms with Crippen molar-refractivity contribution in [3.63, 3.8) is 0 Å². The van der Waals surface area contributed by atoms with E-state index in [-0.39, 0.29) is 24.6 Å². The Bertz CT molecular complexity index is 504. The molecule has 5 nitrogen and oxygen atoms in total. The number of aromatic nitrogens is 2. The molecule has 1 heterocycles. The average Bonchev–Trinajstić information content (AvgIpc) is 2.67. The number of rotatable bonds is 4. The fourth-order valence-electron chi connectivity index (χ4n) is 2.12. The lowest BCUT2D eigenvalue weighted by atomic mass is 10.2. The minimum Gasteiger partial charge on any atom is -0.367 e. The van der Waals surface area contributed by atoms with Gasteiger partial charge in [0.25, 0.3) is 0 Å². The van der Waals surface area contributed by atoms with Gasteiger partial charge in [-0.1, -0.05) is 0 Å². The van der Waals surface area contributed by atoms with Gasteiger partial charge in [-0.05, 0) is 6.42 Å². The molecule has 0 radical (unpaired) electrons. The number of hydrogen-bond donors (Lipinski definition) is 3. The third-order valence-electron chi connectivity index (χ3n) is 3.01. The molecule has 0 bridgehead atoms. The predicted molar refractivity (Wildman–Crippen MR) is 65.9 cm³/mol. The Morgan fingerprint density at radius 3 is 2.52 bits per heavy atom. The number of hydrogen-bond acceptors (Lipinski definition) is 5. The second-order valence-electron chi connectivity index (χ2n) is 4.77. The van der Waals surface area contributed by atoms with Crippen molar-refractivity contribution < 1.29 is 22.0 Å². The normalized spacial score (nSPS) is 21.3. The van der Waals surface area contributed by atoms with Crippen molar-refractivity contribution in [1.29, 1.82) is 0 Å². The molecule has 1 atom stereocenters. The first kappa shape index (κ1) is 15.7. The molecule has 0 aliphatic heterocycles. The molecule has 1 fully saturated rings. The molecule has 1 aromatic heterocycles. The van der Waals surface area contributed by atoms with Crippen LogP contribution in [0.1, 0.15) is 25.0 Å². The van der Waals surface area contributed by atoms with E-state index in [4.69, 9.17) is 0 Å². The van der Waals surface area contributed by atoms with Crippen molar-refractivity contribution in [3.8, 4) is 0 Å². The maximum Gasteiger partial charge on any atom is 0.433 e. The third-order valence-corrected chi connectivity index (χ3v) is 3.01. The first-order valence-corrected chi connectivity index (χ1v) is 6.23. The largest absolute Gasteiger partial charge is 0.433 e. The second-order valence-corrected chi connectivity index (χ2v) is 4.77. The summed E-state index contributed by atoms with van der Waals surface area (Å²) in [5.74, 6) is -3.22. The van der Waals surface area contributed by atoms with Gasteiger partial charge in [-0.25, -0.2) is 19.2 Å². The average molecular weight is 311 g/mol. The van der Waals surface area contributed by atoms with Crippen LogP contribution >= 0.6 is 0 Å². The number of nitrogens with one attached hydrogen (secondary N) is 3. The summed E-state index contributed by atoms with van der Waals surface area (Å²) in [6, 6.07) is 0.0931. The summed E-state index contributed by atoms with van der Waals surface area (Å²) in [6.07, 6.45) is -5.19. The molecule has 118 valence electrons. The summed E-state index contributed by atoms with van der Waals surface area (Å²) in [5.41, 5.74) is 3.60. The van der Waals surface area contributed by atoms with Crippen LogP contribution in [0.25, 0.3) is 0 Å². The highest BCUT2D eigenvalue weighted by molar-refractivity contribution is 5.43. The summed E-state index contributed by atoms with van der Waals surface area (Å²) in [5, 5.41) is 2.61. The van der Waals surface area contributed by atoms with Crippen molar-refractivity contribution in [1.82, 2.24) is 15.4 Å². The summed E-state index contributed by atoms with van der Waals surface area (Å²) < 4.78 is 64.4. The molecule has 21 heavy (non-hydrogen) atoms. The van der Waals surface area contributed by atoms with Crippen LogP contribution < -0.4 is 16.2 Å². The lowest BCUT2D eigenvalue weighted by Crippen LogP contribution is -2.23. The smallest absolute Gasteiger partial charge is 0.367 e. The Labute approximate surface area is 117 Å². The lowest BCUT2D eigenvalue weighted by molar-refractivity contribution is -0.141. The van der Waals surface area contributed by atoms with Crippen molar-refractivity contribution in [2.45, 2.75) is 37.4 Å². The zero-order valence-corrected chi connectivity index (χ0v) is 11.1. The van der Waals surface area contributed by atoms with E-state index in [1.165, 1.54) is 7.05 Å². The molecule has 1 aliphatic carbocycles. The summed E-state index contributed by atoms with van der Waals surface area (Å²) in [6.45, 7) is 0. The highest BCUT2D eigenvalue weighted by Gasteiger charge is 2.40. The van der Waals surface area contributed by atoms with Crippen LogP contribution in [-0.2, 0) is 6.18 Å². The van der Waals surface area contributed by atoms with Gasteiger partial charge in [-0.15, -0.1) is 0 Å². The fourth-order valence-corrected chi connectivity index (χ4v) is 2.12. The highest BCUT2D eigenvalue weighted by Crippen LogP contribution is 2.36. The third kappa shape index (κ3) is 4.13. The Hall–Kier alpha value is -1.71. The van der Waals surface area contributed by atoms with Crippen molar-refractivity contribution in [2.75, 3.05) is 17.8 Å². The number of nitrogens with zero attached hydrogens (tertiary/aromatic N) is 2. The Balaban J connectivity index is 2.20. The standard InChI is InChI=1S/C11H14F5N5/c1-17-21-9-19-7(11(14,15)16)4-8(20-9)18-6-2-3-10(12,13)5-6/h4,6,17H,2-3,5H2,1H3,(H2,18,19,20,21). The molecule has 0 saturated heterocycles. The minimum absolute atomic E-state index is 0.141. The van der Waals surface area contributed by atoms with Gasteiger partial charge in [-0.3, -0.25) is 5.43 Å². The first-order valence-electron chi connectivity index (χ1n) is 6.23. The number of anilines is 2. The molecule has 0 aromatic carbocycles. The molecular weight excluding hydrogens is 297 g/mol. The van der Waals surface area contributed by atoms with E-state index in [0.29, 0.717) is 6.07 Å². The van der Waals surface area contributed by atoms with Gasteiger partial charge in [0, 0.05) is 32.0 Å². The zero-order chi connectivity index (χ0) is 15.7. The molecule has 3 N–H and O–H groups in total. The number of hydrazine groups is 1. The predicted octanol–water partition coefficient (Wildman–Crippen LogP) is 2.64. The SMILES string of the molecule is CNNc1nc(NC2CCC(F)(F)C2)cc(C(F)(F)F)n1. The summed E-state index contributed by atoms with van der Waals surface area (Å²) >= 11 is 0. The number of halogens is 5. The van der Waals surface area contributed by atoms with Gasteiger partial charge in [0.2, 0.25) is 11.9 Å². The van der Waals surface area contributed by atoms with Crippen LogP contribution in [0.5, 0.6) is 0 Å². The first-order chi connectivity index (χ1) is 9.69. The Morgan fingerprint density at radius 1 is 1.29 bits per heavy atom. The molecule has 0 spiro atoms. The maximum absolute atomic E-state index is 13.1. The fraction of sp³-hybridized carbons (Fsp3) is 0.636. The molecule has 0 amide bonds. The van der Waals surface area contributed by atoms with E-state index < -0.39 is 30.3 Å². The van der Waals surface area contributed by atoms with Crippen LogP contribution in [0.3, 0.4) is 0 Å². The molecule has 1 saturated carbocycles. The monoisotopic (exact) mass is 311 g/mol. The van der Waals surface area contributed by atoms with E-state index in [1.807, 2.05) is 0 Å². The Morgan fingerprint density at radius 2 is 2.00 bits per heavy atom. The van der Waals surface area contributed by atoms with E-state index >= 15 is 0 Å². The van der Waals surface area contributed by atoms with Crippen LogP contribution in [0.2, 0.25) is 0 Å². The minimum atomic E-state index is -4.65. The van der Waals surface area contributed by atoms with Crippen molar-refractivity contribution in [2.24, 2.45) is 0 Å². The molecule has 1 unspecified atom stereocenters. The quantitative estimate of drug-likeness (QED) is 0.589.